The van der Waals surface area contributed by atoms with Crippen LogP contribution in [0.3, 0.4) is 0 Å². The van der Waals surface area contributed by atoms with E-state index >= 15 is 0 Å². The third-order valence-electron chi connectivity index (χ3n) is 3.15. The van der Waals surface area contributed by atoms with Gasteiger partial charge >= 0.3 is 5.69 Å². The van der Waals surface area contributed by atoms with E-state index in [-0.39, 0.29) is 12.5 Å². The molecular formula is C11H14FN3O4S. The van der Waals surface area contributed by atoms with Crippen molar-refractivity contribution >= 4 is 15.7 Å². The lowest BCUT2D eigenvalue weighted by molar-refractivity contribution is -0.390. The summed E-state index contributed by atoms with van der Waals surface area (Å²) < 4.78 is 39.9. The van der Waals surface area contributed by atoms with E-state index in [1.54, 1.807) is 0 Å². The summed E-state index contributed by atoms with van der Waals surface area (Å²) in [6.45, 7) is 1.67. The first-order chi connectivity index (χ1) is 9.42. The Bertz CT molecular complexity index is 614. The van der Waals surface area contributed by atoms with Gasteiger partial charge in [-0.3, -0.25) is 10.1 Å². The molecule has 0 bridgehead atoms. The molecule has 0 saturated carbocycles. The van der Waals surface area contributed by atoms with Crippen molar-refractivity contribution < 1.29 is 17.7 Å². The number of halogens is 1. The molecule has 20 heavy (non-hydrogen) atoms. The Morgan fingerprint density at radius 1 is 1.50 bits per heavy atom. The molecule has 0 amide bonds. The van der Waals surface area contributed by atoms with E-state index in [2.05, 4.69) is 10.0 Å². The average Bonchev–Trinajstić information content (AvgIpc) is 2.89. The van der Waals surface area contributed by atoms with Crippen LogP contribution in [0.1, 0.15) is 6.42 Å². The minimum Gasteiger partial charge on any atom is -0.316 e. The molecule has 1 aliphatic rings. The second-order valence-electron chi connectivity index (χ2n) is 4.55. The number of nitro benzene ring substituents is 1. The fourth-order valence-electron chi connectivity index (χ4n) is 2.08. The van der Waals surface area contributed by atoms with Crippen molar-refractivity contribution in [3.05, 3.63) is 34.1 Å². The highest BCUT2D eigenvalue weighted by Crippen LogP contribution is 2.26. The molecule has 1 atom stereocenters. The fourth-order valence-corrected chi connectivity index (χ4v) is 3.38. The van der Waals surface area contributed by atoms with Gasteiger partial charge in [0, 0.05) is 6.54 Å². The Morgan fingerprint density at radius 2 is 2.25 bits per heavy atom. The average molecular weight is 303 g/mol. The zero-order valence-electron chi connectivity index (χ0n) is 10.5. The predicted molar refractivity (Wildman–Crippen MR) is 69.2 cm³/mol. The molecule has 0 aromatic heterocycles. The normalized spacial score (nSPS) is 19.1. The molecule has 1 unspecified atom stereocenters. The van der Waals surface area contributed by atoms with E-state index < -0.39 is 31.3 Å². The highest BCUT2D eigenvalue weighted by Gasteiger charge is 2.30. The minimum atomic E-state index is -4.11. The second-order valence-corrected chi connectivity index (χ2v) is 6.29. The summed E-state index contributed by atoms with van der Waals surface area (Å²) in [5.41, 5.74) is -1.02. The van der Waals surface area contributed by atoms with E-state index in [1.165, 1.54) is 0 Å². The van der Waals surface area contributed by atoms with Gasteiger partial charge in [0.15, 0.2) is 4.90 Å². The molecule has 7 nitrogen and oxygen atoms in total. The fraction of sp³-hybridized carbons (Fsp3) is 0.455. The van der Waals surface area contributed by atoms with Crippen molar-refractivity contribution in [1.29, 1.82) is 0 Å². The Hall–Kier alpha value is -1.58. The van der Waals surface area contributed by atoms with Gasteiger partial charge in [0.2, 0.25) is 15.8 Å². The van der Waals surface area contributed by atoms with E-state index in [1.807, 2.05) is 0 Å². The van der Waals surface area contributed by atoms with Gasteiger partial charge in [-0.15, -0.1) is 0 Å². The molecule has 1 aromatic rings. The molecule has 110 valence electrons. The van der Waals surface area contributed by atoms with Gasteiger partial charge in [-0.05, 0) is 37.6 Å². The van der Waals surface area contributed by atoms with E-state index in [4.69, 9.17) is 0 Å². The number of para-hydroxylation sites is 1. The summed E-state index contributed by atoms with van der Waals surface area (Å²) in [5, 5.41) is 13.9. The lowest BCUT2D eigenvalue weighted by Crippen LogP contribution is -2.30. The molecule has 1 aromatic carbocycles. The maximum atomic E-state index is 13.4. The predicted octanol–water partition coefficient (Wildman–Crippen LogP) is 0.622. The van der Waals surface area contributed by atoms with Crippen molar-refractivity contribution in [2.24, 2.45) is 5.92 Å². The van der Waals surface area contributed by atoms with Gasteiger partial charge in [0.1, 0.15) is 0 Å². The smallest absolute Gasteiger partial charge is 0.316 e. The SMILES string of the molecule is O=[N+]([O-])c1c(F)cccc1S(=O)(=O)NCC1CCNC1. The topological polar surface area (TPSA) is 101 Å². The molecular weight excluding hydrogens is 289 g/mol. The molecule has 0 spiro atoms. The van der Waals surface area contributed by atoms with Gasteiger partial charge in [-0.2, -0.15) is 4.39 Å². The largest absolute Gasteiger partial charge is 0.324 e. The first-order valence-electron chi connectivity index (χ1n) is 6.05. The summed E-state index contributed by atoms with van der Waals surface area (Å²) >= 11 is 0. The van der Waals surface area contributed by atoms with Crippen molar-refractivity contribution in [3.63, 3.8) is 0 Å². The Kier molecular flexibility index (Phi) is 4.31. The third-order valence-corrected chi connectivity index (χ3v) is 4.60. The quantitative estimate of drug-likeness (QED) is 0.613. The van der Waals surface area contributed by atoms with Crippen LogP contribution in [0.25, 0.3) is 0 Å². The highest BCUT2D eigenvalue weighted by molar-refractivity contribution is 7.89. The minimum absolute atomic E-state index is 0.136. The van der Waals surface area contributed by atoms with Gasteiger partial charge in [-0.1, -0.05) is 6.07 Å². The second kappa shape index (κ2) is 5.81. The van der Waals surface area contributed by atoms with Crippen LogP contribution in [0.5, 0.6) is 0 Å². The van der Waals surface area contributed by atoms with Crippen molar-refractivity contribution in [2.75, 3.05) is 19.6 Å². The molecule has 2 N–H and O–H groups in total. The summed E-state index contributed by atoms with van der Waals surface area (Å²) in [6, 6.07) is 3.02. The molecule has 1 fully saturated rings. The van der Waals surface area contributed by atoms with Gasteiger partial charge in [0.05, 0.1) is 4.92 Å². The van der Waals surface area contributed by atoms with E-state index in [9.17, 15) is 22.9 Å². The van der Waals surface area contributed by atoms with Crippen LogP contribution in [0.15, 0.2) is 23.1 Å². The number of sulfonamides is 1. The Balaban J connectivity index is 2.24. The number of nitrogens with one attached hydrogen (secondary N) is 2. The molecule has 2 rings (SSSR count). The van der Waals surface area contributed by atoms with E-state index in [0.29, 0.717) is 6.54 Å². The summed E-state index contributed by atoms with van der Waals surface area (Å²) in [7, 11) is -4.11. The van der Waals surface area contributed by atoms with Crippen LogP contribution in [0, 0.1) is 21.8 Å². The number of nitro groups is 1. The summed E-state index contributed by atoms with van der Waals surface area (Å²) in [6.07, 6.45) is 0.827. The number of benzene rings is 1. The van der Waals surface area contributed by atoms with Crippen molar-refractivity contribution in [2.45, 2.75) is 11.3 Å². The maximum absolute atomic E-state index is 13.4. The lowest BCUT2D eigenvalue weighted by Gasteiger charge is -2.11. The standard InChI is InChI=1S/C11H14FN3O4S/c12-9-2-1-3-10(11(9)15(16)17)20(18,19)14-7-8-4-5-13-6-8/h1-3,8,13-14H,4-7H2. The van der Waals surface area contributed by atoms with Gasteiger partial charge < -0.3 is 5.32 Å². The Morgan fingerprint density at radius 3 is 2.85 bits per heavy atom. The van der Waals surface area contributed by atoms with Crippen LogP contribution in [0.4, 0.5) is 10.1 Å². The number of nitrogens with zero attached hydrogens (tertiary/aromatic N) is 1. The van der Waals surface area contributed by atoms with E-state index in [0.717, 1.165) is 31.2 Å². The molecule has 0 radical (unpaired) electrons. The first-order valence-corrected chi connectivity index (χ1v) is 7.53. The zero-order chi connectivity index (χ0) is 14.8. The molecule has 1 aliphatic heterocycles. The van der Waals surface area contributed by atoms with Crippen LogP contribution < -0.4 is 10.0 Å². The summed E-state index contributed by atoms with van der Waals surface area (Å²) in [5.74, 6) is -1.03. The zero-order valence-corrected chi connectivity index (χ0v) is 11.3. The monoisotopic (exact) mass is 303 g/mol. The van der Waals surface area contributed by atoms with Crippen molar-refractivity contribution in [3.8, 4) is 0 Å². The molecule has 9 heteroatoms. The summed E-state index contributed by atoms with van der Waals surface area (Å²) in [4.78, 5) is 9.14. The molecule has 1 saturated heterocycles. The van der Waals surface area contributed by atoms with Crippen LogP contribution in [-0.2, 0) is 10.0 Å². The first kappa shape index (κ1) is 14.8. The number of rotatable bonds is 5. The lowest BCUT2D eigenvalue weighted by atomic mass is 10.1. The van der Waals surface area contributed by atoms with Crippen LogP contribution >= 0.6 is 0 Å². The Labute approximate surface area is 115 Å². The molecule has 0 aliphatic carbocycles. The van der Waals surface area contributed by atoms with Crippen LogP contribution in [0.2, 0.25) is 0 Å². The number of hydrogen-bond donors (Lipinski definition) is 2. The number of hydrogen-bond acceptors (Lipinski definition) is 5. The molecule has 1 heterocycles. The maximum Gasteiger partial charge on any atom is 0.324 e. The van der Waals surface area contributed by atoms with Crippen molar-refractivity contribution in [1.82, 2.24) is 10.0 Å². The highest BCUT2D eigenvalue weighted by atomic mass is 32.2. The van der Waals surface area contributed by atoms with Gasteiger partial charge in [0.25, 0.3) is 0 Å². The van der Waals surface area contributed by atoms with Gasteiger partial charge in [-0.25, -0.2) is 13.1 Å². The van der Waals surface area contributed by atoms with Crippen LogP contribution in [-0.4, -0.2) is 33.0 Å². The third kappa shape index (κ3) is 3.11.